The van der Waals surface area contributed by atoms with Crippen LogP contribution in [0.3, 0.4) is 0 Å². The monoisotopic (exact) mass is 484 g/mol. The Morgan fingerprint density at radius 1 is 1.29 bits per heavy atom. The zero-order valence-corrected chi connectivity index (χ0v) is 18.5. The number of benzene rings is 1. The Balaban J connectivity index is 2.07. The standard InChI is InChI=1S/C14H14Cl2N4O5S3/c1-25-12(22)7-26-14-19-18-13(27-14)17-11(21)6-20(28(2,23)24)8-3-4-9(15)10(16)5-8/h3-5H,6-7H2,1-2H3,(H,17,18,21). The van der Waals surface area contributed by atoms with Crippen LogP contribution in [0, 0.1) is 0 Å². The molecule has 1 aromatic carbocycles. The second-order valence-corrected chi connectivity index (χ2v) is 10.1. The molecule has 1 heterocycles. The molecule has 0 unspecified atom stereocenters. The van der Waals surface area contributed by atoms with Gasteiger partial charge >= 0.3 is 5.97 Å². The second-order valence-electron chi connectivity index (χ2n) is 5.15. The molecule has 9 nitrogen and oxygen atoms in total. The molecule has 1 aromatic heterocycles. The van der Waals surface area contributed by atoms with Crippen molar-refractivity contribution in [3.8, 4) is 0 Å². The number of esters is 1. The minimum absolute atomic E-state index is 0.0538. The van der Waals surface area contributed by atoms with Gasteiger partial charge in [0.05, 0.1) is 34.9 Å². The number of anilines is 2. The number of rotatable bonds is 8. The number of halogens is 2. The predicted octanol–water partition coefficient (Wildman–Crippen LogP) is 2.51. The van der Waals surface area contributed by atoms with Crippen molar-refractivity contribution in [3.05, 3.63) is 28.2 Å². The van der Waals surface area contributed by atoms with Crippen LogP contribution < -0.4 is 9.62 Å². The Morgan fingerprint density at radius 3 is 2.61 bits per heavy atom. The van der Waals surface area contributed by atoms with Gasteiger partial charge in [0.25, 0.3) is 0 Å². The molecule has 2 rings (SSSR count). The molecule has 0 atom stereocenters. The zero-order valence-electron chi connectivity index (χ0n) is 14.5. The summed E-state index contributed by atoms with van der Waals surface area (Å²) in [6, 6.07) is 4.23. The number of amides is 1. The number of methoxy groups -OCH3 is 1. The number of hydrogen-bond donors (Lipinski definition) is 1. The molecule has 28 heavy (non-hydrogen) atoms. The van der Waals surface area contributed by atoms with Crippen molar-refractivity contribution in [2.75, 3.05) is 35.3 Å². The lowest BCUT2D eigenvalue weighted by Crippen LogP contribution is -2.37. The summed E-state index contributed by atoms with van der Waals surface area (Å²) < 4.78 is 30.1. The van der Waals surface area contributed by atoms with Gasteiger partial charge in [-0.2, -0.15) is 0 Å². The van der Waals surface area contributed by atoms with Gasteiger partial charge in [0.15, 0.2) is 4.34 Å². The van der Waals surface area contributed by atoms with Crippen molar-refractivity contribution in [2.24, 2.45) is 0 Å². The lowest BCUT2D eigenvalue weighted by atomic mass is 10.3. The van der Waals surface area contributed by atoms with Crippen molar-refractivity contribution in [3.63, 3.8) is 0 Å². The van der Waals surface area contributed by atoms with Crippen molar-refractivity contribution < 1.29 is 22.7 Å². The van der Waals surface area contributed by atoms with E-state index < -0.39 is 28.4 Å². The molecule has 0 aliphatic heterocycles. The molecule has 0 spiro atoms. The number of carbonyl (C=O) groups excluding carboxylic acids is 2. The van der Waals surface area contributed by atoms with Crippen molar-refractivity contribution in [1.82, 2.24) is 10.2 Å². The van der Waals surface area contributed by atoms with Gasteiger partial charge in [-0.15, -0.1) is 10.2 Å². The molecule has 14 heteroatoms. The van der Waals surface area contributed by atoms with E-state index in [0.717, 1.165) is 33.7 Å². The Hall–Kier alpha value is -1.60. The van der Waals surface area contributed by atoms with Crippen LogP contribution in [0.1, 0.15) is 0 Å². The SMILES string of the molecule is COC(=O)CSc1nnc(NC(=O)CN(c2ccc(Cl)c(Cl)c2)S(C)(=O)=O)s1. The highest BCUT2D eigenvalue weighted by atomic mass is 35.5. The first-order valence-corrected chi connectivity index (χ1v) is 11.8. The van der Waals surface area contributed by atoms with Gasteiger partial charge in [0.1, 0.15) is 6.54 Å². The van der Waals surface area contributed by atoms with Crippen LogP contribution in [0.15, 0.2) is 22.5 Å². The van der Waals surface area contributed by atoms with Crippen LogP contribution in [-0.4, -0.2) is 56.2 Å². The first-order valence-electron chi connectivity index (χ1n) is 7.36. The molecule has 1 N–H and O–H groups in total. The fraction of sp³-hybridized carbons (Fsp3) is 0.286. The van der Waals surface area contributed by atoms with Crippen molar-refractivity contribution >= 4 is 79.0 Å². The Morgan fingerprint density at radius 2 is 2.00 bits per heavy atom. The van der Waals surface area contributed by atoms with Crippen LogP contribution in [0.2, 0.25) is 10.0 Å². The average Bonchev–Trinajstić information content (AvgIpc) is 3.06. The maximum Gasteiger partial charge on any atom is 0.316 e. The fourth-order valence-corrected chi connectivity index (χ4v) is 4.57. The number of hydrogen-bond acceptors (Lipinski definition) is 9. The second kappa shape index (κ2) is 9.74. The van der Waals surface area contributed by atoms with E-state index in [0.29, 0.717) is 4.34 Å². The van der Waals surface area contributed by atoms with Crippen LogP contribution in [0.25, 0.3) is 0 Å². The highest BCUT2D eigenvalue weighted by Crippen LogP contribution is 2.29. The van der Waals surface area contributed by atoms with Crippen LogP contribution in [-0.2, 0) is 24.3 Å². The summed E-state index contributed by atoms with van der Waals surface area (Å²) in [7, 11) is -2.49. The molecule has 1 amide bonds. The minimum Gasteiger partial charge on any atom is -0.468 e. The summed E-state index contributed by atoms with van der Waals surface area (Å²) >= 11 is 13.9. The largest absolute Gasteiger partial charge is 0.468 e. The number of thioether (sulfide) groups is 1. The van der Waals surface area contributed by atoms with E-state index in [-0.39, 0.29) is 26.6 Å². The molecule has 0 radical (unpaired) electrons. The van der Waals surface area contributed by atoms with Crippen LogP contribution in [0.5, 0.6) is 0 Å². The Bertz CT molecular complexity index is 983. The van der Waals surface area contributed by atoms with E-state index in [2.05, 4.69) is 20.3 Å². The number of ether oxygens (including phenoxy) is 1. The van der Waals surface area contributed by atoms with E-state index in [1.807, 2.05) is 0 Å². The zero-order chi connectivity index (χ0) is 20.9. The van der Waals surface area contributed by atoms with Gasteiger partial charge in [-0.05, 0) is 18.2 Å². The number of nitrogens with zero attached hydrogens (tertiary/aromatic N) is 3. The van der Waals surface area contributed by atoms with E-state index in [9.17, 15) is 18.0 Å². The lowest BCUT2D eigenvalue weighted by Gasteiger charge is -2.21. The predicted molar refractivity (Wildman–Crippen MR) is 110 cm³/mol. The third kappa shape index (κ3) is 6.48. The topological polar surface area (TPSA) is 119 Å². The summed E-state index contributed by atoms with van der Waals surface area (Å²) in [4.78, 5) is 23.4. The summed E-state index contributed by atoms with van der Waals surface area (Å²) in [5, 5.41) is 10.7. The molecular formula is C14H14Cl2N4O5S3. The van der Waals surface area contributed by atoms with E-state index >= 15 is 0 Å². The van der Waals surface area contributed by atoms with Gasteiger partial charge in [0, 0.05) is 0 Å². The maximum absolute atomic E-state index is 12.3. The number of nitrogens with one attached hydrogen (secondary N) is 1. The van der Waals surface area contributed by atoms with Crippen molar-refractivity contribution in [1.29, 1.82) is 0 Å². The lowest BCUT2D eigenvalue weighted by molar-refractivity contribution is -0.137. The van der Waals surface area contributed by atoms with Gasteiger partial charge in [-0.1, -0.05) is 46.3 Å². The number of carbonyl (C=O) groups is 2. The molecule has 0 saturated heterocycles. The molecule has 0 aliphatic rings. The third-order valence-corrected chi connectivity index (χ3v) is 6.90. The molecular weight excluding hydrogens is 471 g/mol. The Kier molecular flexibility index (Phi) is 7.89. The van der Waals surface area contributed by atoms with Gasteiger partial charge in [0.2, 0.25) is 21.1 Å². The number of aromatic nitrogens is 2. The molecule has 0 aliphatic carbocycles. The summed E-state index contributed by atoms with van der Waals surface area (Å²) in [6.45, 7) is -0.499. The van der Waals surface area contributed by atoms with E-state index in [1.54, 1.807) is 0 Å². The molecule has 0 fully saturated rings. The van der Waals surface area contributed by atoms with Crippen molar-refractivity contribution in [2.45, 2.75) is 4.34 Å². The molecule has 0 saturated carbocycles. The smallest absolute Gasteiger partial charge is 0.316 e. The highest BCUT2D eigenvalue weighted by Gasteiger charge is 2.22. The molecule has 2 aromatic rings. The van der Waals surface area contributed by atoms with Crippen LogP contribution >= 0.6 is 46.3 Å². The van der Waals surface area contributed by atoms with E-state index in [4.69, 9.17) is 23.2 Å². The minimum atomic E-state index is -3.77. The van der Waals surface area contributed by atoms with Gasteiger partial charge < -0.3 is 4.74 Å². The quantitative estimate of drug-likeness (QED) is 0.344. The Labute approximate surface area is 179 Å². The van der Waals surface area contributed by atoms with E-state index in [1.165, 1.54) is 25.3 Å². The van der Waals surface area contributed by atoms with Crippen LogP contribution in [0.4, 0.5) is 10.8 Å². The van der Waals surface area contributed by atoms with Gasteiger partial charge in [-0.25, -0.2) is 8.42 Å². The first kappa shape index (κ1) is 22.7. The first-order chi connectivity index (χ1) is 13.1. The average molecular weight is 485 g/mol. The third-order valence-electron chi connectivity index (χ3n) is 3.07. The fourth-order valence-electron chi connectivity index (χ4n) is 1.83. The molecule has 152 valence electrons. The molecule has 0 bridgehead atoms. The van der Waals surface area contributed by atoms with Gasteiger partial charge in [-0.3, -0.25) is 19.2 Å². The summed E-state index contributed by atoms with van der Waals surface area (Å²) in [6.07, 6.45) is 0.968. The normalized spacial score (nSPS) is 11.1. The number of sulfonamides is 1. The highest BCUT2D eigenvalue weighted by molar-refractivity contribution is 8.01. The summed E-state index contributed by atoms with van der Waals surface area (Å²) in [5.74, 6) is -0.994. The maximum atomic E-state index is 12.3. The summed E-state index contributed by atoms with van der Waals surface area (Å²) in [5.41, 5.74) is 0.193.